The van der Waals surface area contributed by atoms with Gasteiger partial charge >= 0.3 is 0 Å². The first-order chi connectivity index (χ1) is 8.83. The number of pyridine rings is 1. The number of hydrogen-bond acceptors (Lipinski definition) is 3. The van der Waals surface area contributed by atoms with E-state index in [2.05, 4.69) is 10.1 Å². The lowest BCUT2D eigenvalue weighted by atomic mass is 10.1. The van der Waals surface area contributed by atoms with Crippen LogP contribution in [-0.4, -0.2) is 10.1 Å². The second-order valence-corrected chi connectivity index (χ2v) is 4.26. The SMILES string of the molecule is Clc1ccc(-c2cc(-c3cccnc3)on2)cc1. The van der Waals surface area contributed by atoms with Crippen LogP contribution < -0.4 is 0 Å². The molecule has 2 heterocycles. The maximum atomic E-state index is 5.85. The fourth-order valence-corrected chi connectivity index (χ4v) is 1.80. The number of benzene rings is 1. The molecule has 0 amide bonds. The summed E-state index contributed by atoms with van der Waals surface area (Å²) in [6, 6.07) is 13.2. The van der Waals surface area contributed by atoms with Crippen LogP contribution in [0.4, 0.5) is 0 Å². The highest BCUT2D eigenvalue weighted by atomic mass is 35.5. The zero-order chi connectivity index (χ0) is 12.4. The van der Waals surface area contributed by atoms with Gasteiger partial charge in [0.1, 0.15) is 5.69 Å². The fourth-order valence-electron chi connectivity index (χ4n) is 1.68. The maximum Gasteiger partial charge on any atom is 0.169 e. The Hall–Kier alpha value is -2.13. The average molecular weight is 257 g/mol. The van der Waals surface area contributed by atoms with Gasteiger partial charge in [-0.3, -0.25) is 4.98 Å². The third-order valence-electron chi connectivity index (χ3n) is 2.60. The molecule has 18 heavy (non-hydrogen) atoms. The first kappa shape index (κ1) is 11.0. The van der Waals surface area contributed by atoms with Crippen molar-refractivity contribution in [2.24, 2.45) is 0 Å². The monoisotopic (exact) mass is 256 g/mol. The van der Waals surface area contributed by atoms with Gasteiger partial charge in [-0.15, -0.1) is 0 Å². The van der Waals surface area contributed by atoms with Gasteiger partial charge in [-0.25, -0.2) is 0 Å². The summed E-state index contributed by atoms with van der Waals surface area (Å²) < 4.78 is 5.31. The molecule has 88 valence electrons. The van der Waals surface area contributed by atoms with Crippen molar-refractivity contribution in [3.05, 3.63) is 59.9 Å². The molecular formula is C14H9ClN2O. The van der Waals surface area contributed by atoms with Gasteiger partial charge in [-0.2, -0.15) is 0 Å². The Labute approximate surface area is 109 Å². The molecule has 3 rings (SSSR count). The maximum absolute atomic E-state index is 5.85. The van der Waals surface area contributed by atoms with Crippen LogP contribution in [0.25, 0.3) is 22.6 Å². The molecule has 3 aromatic rings. The first-order valence-electron chi connectivity index (χ1n) is 5.46. The molecule has 0 saturated carbocycles. The predicted octanol–water partition coefficient (Wildman–Crippen LogP) is 4.06. The molecule has 0 aliphatic carbocycles. The predicted molar refractivity (Wildman–Crippen MR) is 70.2 cm³/mol. The molecule has 0 spiro atoms. The molecule has 0 N–H and O–H groups in total. The highest BCUT2D eigenvalue weighted by molar-refractivity contribution is 6.30. The highest BCUT2D eigenvalue weighted by Gasteiger charge is 2.08. The zero-order valence-corrected chi connectivity index (χ0v) is 10.1. The molecule has 0 atom stereocenters. The molecule has 0 radical (unpaired) electrons. The summed E-state index contributed by atoms with van der Waals surface area (Å²) in [5.41, 5.74) is 2.66. The number of aromatic nitrogens is 2. The summed E-state index contributed by atoms with van der Waals surface area (Å²) in [6.07, 6.45) is 3.46. The van der Waals surface area contributed by atoms with Crippen LogP contribution in [0.5, 0.6) is 0 Å². The molecule has 0 saturated heterocycles. The van der Waals surface area contributed by atoms with E-state index in [1.165, 1.54) is 0 Å². The Bertz CT molecular complexity index is 647. The van der Waals surface area contributed by atoms with Crippen LogP contribution in [0.1, 0.15) is 0 Å². The molecule has 1 aromatic carbocycles. The summed E-state index contributed by atoms with van der Waals surface area (Å²) in [5, 5.41) is 4.75. The molecule has 0 aliphatic heterocycles. The van der Waals surface area contributed by atoms with Crippen molar-refractivity contribution in [3.8, 4) is 22.6 Å². The summed E-state index contributed by atoms with van der Waals surface area (Å²) in [7, 11) is 0. The molecule has 0 aliphatic rings. The van der Waals surface area contributed by atoms with E-state index in [1.54, 1.807) is 12.4 Å². The van der Waals surface area contributed by atoms with Gasteiger partial charge in [0, 0.05) is 34.6 Å². The third-order valence-corrected chi connectivity index (χ3v) is 2.85. The Balaban J connectivity index is 1.97. The van der Waals surface area contributed by atoms with Crippen molar-refractivity contribution in [2.75, 3.05) is 0 Å². The molecule has 3 nitrogen and oxygen atoms in total. The van der Waals surface area contributed by atoms with Crippen molar-refractivity contribution in [1.29, 1.82) is 0 Å². The Morgan fingerprint density at radius 1 is 1.00 bits per heavy atom. The molecular weight excluding hydrogens is 248 g/mol. The van der Waals surface area contributed by atoms with E-state index in [0.29, 0.717) is 10.8 Å². The van der Waals surface area contributed by atoms with E-state index in [1.807, 2.05) is 42.5 Å². The van der Waals surface area contributed by atoms with Gasteiger partial charge in [0.05, 0.1) is 0 Å². The lowest BCUT2D eigenvalue weighted by Gasteiger charge is -1.94. The third kappa shape index (κ3) is 2.13. The topological polar surface area (TPSA) is 38.9 Å². The largest absolute Gasteiger partial charge is 0.356 e. The number of nitrogens with zero attached hydrogens (tertiary/aromatic N) is 2. The molecule has 0 unspecified atom stereocenters. The van der Waals surface area contributed by atoms with Crippen molar-refractivity contribution in [2.45, 2.75) is 0 Å². The van der Waals surface area contributed by atoms with E-state index in [0.717, 1.165) is 16.8 Å². The second kappa shape index (κ2) is 4.63. The van der Waals surface area contributed by atoms with E-state index in [9.17, 15) is 0 Å². The minimum absolute atomic E-state index is 0.702. The van der Waals surface area contributed by atoms with Gasteiger partial charge < -0.3 is 4.52 Å². The van der Waals surface area contributed by atoms with Gasteiger partial charge in [0.15, 0.2) is 5.76 Å². The van der Waals surface area contributed by atoms with E-state index >= 15 is 0 Å². The van der Waals surface area contributed by atoms with Crippen LogP contribution in [0, 0.1) is 0 Å². The lowest BCUT2D eigenvalue weighted by molar-refractivity contribution is 0.435. The van der Waals surface area contributed by atoms with E-state index < -0.39 is 0 Å². The molecule has 0 bridgehead atoms. The first-order valence-corrected chi connectivity index (χ1v) is 5.84. The number of rotatable bonds is 2. The minimum Gasteiger partial charge on any atom is -0.356 e. The van der Waals surface area contributed by atoms with E-state index in [4.69, 9.17) is 16.1 Å². The van der Waals surface area contributed by atoms with Crippen molar-refractivity contribution < 1.29 is 4.52 Å². The van der Waals surface area contributed by atoms with Gasteiger partial charge in [-0.1, -0.05) is 28.9 Å². The van der Waals surface area contributed by atoms with Crippen LogP contribution in [0.2, 0.25) is 5.02 Å². The molecule has 2 aromatic heterocycles. The van der Waals surface area contributed by atoms with Crippen LogP contribution in [0.3, 0.4) is 0 Å². The van der Waals surface area contributed by atoms with E-state index in [-0.39, 0.29) is 0 Å². The molecule has 4 heteroatoms. The van der Waals surface area contributed by atoms with Crippen molar-refractivity contribution in [3.63, 3.8) is 0 Å². The summed E-state index contributed by atoms with van der Waals surface area (Å²) in [6.45, 7) is 0. The van der Waals surface area contributed by atoms with Crippen LogP contribution in [-0.2, 0) is 0 Å². The highest BCUT2D eigenvalue weighted by Crippen LogP contribution is 2.26. The van der Waals surface area contributed by atoms with Gasteiger partial charge in [-0.05, 0) is 24.3 Å². The molecule has 0 fully saturated rings. The normalized spacial score (nSPS) is 10.5. The van der Waals surface area contributed by atoms with Crippen LogP contribution >= 0.6 is 11.6 Å². The quantitative estimate of drug-likeness (QED) is 0.694. The number of hydrogen-bond donors (Lipinski definition) is 0. The van der Waals surface area contributed by atoms with Gasteiger partial charge in [0.2, 0.25) is 0 Å². The fraction of sp³-hybridized carbons (Fsp3) is 0. The van der Waals surface area contributed by atoms with Crippen molar-refractivity contribution in [1.82, 2.24) is 10.1 Å². The van der Waals surface area contributed by atoms with Crippen LogP contribution in [0.15, 0.2) is 59.4 Å². The van der Waals surface area contributed by atoms with Gasteiger partial charge in [0.25, 0.3) is 0 Å². The minimum atomic E-state index is 0.702. The standard InChI is InChI=1S/C14H9ClN2O/c15-12-5-3-10(4-6-12)13-8-14(18-17-13)11-2-1-7-16-9-11/h1-9H. The van der Waals surface area contributed by atoms with Crippen molar-refractivity contribution >= 4 is 11.6 Å². The summed E-state index contributed by atoms with van der Waals surface area (Å²) in [4.78, 5) is 4.05. The zero-order valence-electron chi connectivity index (χ0n) is 9.38. The lowest BCUT2D eigenvalue weighted by Crippen LogP contribution is -1.75. The average Bonchev–Trinajstić information content (AvgIpc) is 2.90. The Kier molecular flexibility index (Phi) is 2.82. The smallest absolute Gasteiger partial charge is 0.169 e. The summed E-state index contributed by atoms with van der Waals surface area (Å²) in [5.74, 6) is 0.702. The Morgan fingerprint density at radius 2 is 1.83 bits per heavy atom. The Morgan fingerprint density at radius 3 is 2.56 bits per heavy atom. The summed E-state index contributed by atoms with van der Waals surface area (Å²) >= 11 is 5.85. The second-order valence-electron chi connectivity index (χ2n) is 3.82. The number of halogens is 1.